The van der Waals surface area contributed by atoms with Crippen LogP contribution in [0.1, 0.15) is 27.7 Å². The zero-order chi connectivity index (χ0) is 11.8. The number of nitrogens with zero attached hydrogens (tertiary/aromatic N) is 2. The fourth-order valence-electron chi connectivity index (χ4n) is 0.860. The highest BCUT2D eigenvalue weighted by Gasteiger charge is 2.07. The molecule has 0 aromatic heterocycles. The Balaban J connectivity index is 4.32. The van der Waals surface area contributed by atoms with E-state index < -0.39 is 0 Å². The van der Waals surface area contributed by atoms with Gasteiger partial charge >= 0.3 is 5.97 Å². The van der Waals surface area contributed by atoms with Crippen molar-refractivity contribution in [3.05, 3.63) is 11.8 Å². The Hall–Kier alpha value is -1.32. The fourth-order valence-corrected chi connectivity index (χ4v) is 0.860. The smallest absolute Gasteiger partial charge is 0.327 e. The first-order chi connectivity index (χ1) is 7.01. The van der Waals surface area contributed by atoms with Crippen LogP contribution in [0.2, 0.25) is 0 Å². The Labute approximate surface area is 91.6 Å². The monoisotopic (exact) mass is 212 g/mol. The quantitative estimate of drug-likeness (QED) is 0.384. The average molecular weight is 212 g/mol. The summed E-state index contributed by atoms with van der Waals surface area (Å²) in [7, 11) is 0. The van der Waals surface area contributed by atoms with Gasteiger partial charge in [0.2, 0.25) is 0 Å². The lowest BCUT2D eigenvalue weighted by atomic mass is 10.1. The van der Waals surface area contributed by atoms with E-state index >= 15 is 0 Å². The third-order valence-corrected chi connectivity index (χ3v) is 2.04. The standard InChI is InChI=1S/C11H20N2O2/c1-6-15-11(14)8-13(12-5)7-10(4)9(2)3/h7,9H,5-6,8H2,1-4H3/b10-7+. The summed E-state index contributed by atoms with van der Waals surface area (Å²) in [5.41, 5.74) is 1.15. The second-order valence-corrected chi connectivity index (χ2v) is 3.57. The zero-order valence-electron chi connectivity index (χ0n) is 9.99. The van der Waals surface area contributed by atoms with Gasteiger partial charge in [-0.15, -0.1) is 0 Å². The van der Waals surface area contributed by atoms with Gasteiger partial charge in [0, 0.05) is 12.9 Å². The highest BCUT2D eigenvalue weighted by molar-refractivity contribution is 5.71. The molecule has 0 radical (unpaired) electrons. The Morgan fingerprint density at radius 1 is 1.60 bits per heavy atom. The molecule has 0 N–H and O–H groups in total. The van der Waals surface area contributed by atoms with Crippen LogP contribution in [0.25, 0.3) is 0 Å². The van der Waals surface area contributed by atoms with E-state index in [-0.39, 0.29) is 12.5 Å². The summed E-state index contributed by atoms with van der Waals surface area (Å²) >= 11 is 0. The lowest BCUT2D eigenvalue weighted by Crippen LogP contribution is -2.22. The molecule has 0 aromatic rings. The van der Waals surface area contributed by atoms with E-state index in [1.54, 1.807) is 6.92 Å². The molecule has 4 heteroatoms. The summed E-state index contributed by atoms with van der Waals surface area (Å²) in [4.78, 5) is 11.2. The predicted octanol–water partition coefficient (Wildman–Crippen LogP) is 2.03. The number of carbonyl (C=O) groups is 1. The van der Waals surface area contributed by atoms with Gasteiger partial charge in [0.05, 0.1) is 6.61 Å². The number of hydrazone groups is 1. The lowest BCUT2D eigenvalue weighted by Gasteiger charge is -2.15. The summed E-state index contributed by atoms with van der Waals surface area (Å²) in [5.74, 6) is 0.133. The summed E-state index contributed by atoms with van der Waals surface area (Å²) in [6.45, 7) is 11.8. The Morgan fingerprint density at radius 3 is 2.60 bits per heavy atom. The first-order valence-corrected chi connectivity index (χ1v) is 5.08. The summed E-state index contributed by atoms with van der Waals surface area (Å²) in [6, 6.07) is 0. The van der Waals surface area contributed by atoms with Crippen molar-refractivity contribution in [3.63, 3.8) is 0 Å². The molecule has 15 heavy (non-hydrogen) atoms. The van der Waals surface area contributed by atoms with Crippen LogP contribution < -0.4 is 0 Å². The largest absolute Gasteiger partial charge is 0.465 e. The van der Waals surface area contributed by atoms with Crippen molar-refractivity contribution in [2.24, 2.45) is 11.0 Å². The molecule has 4 nitrogen and oxygen atoms in total. The van der Waals surface area contributed by atoms with E-state index in [0.29, 0.717) is 12.5 Å². The molecular formula is C11H20N2O2. The average Bonchev–Trinajstić information content (AvgIpc) is 2.16. The summed E-state index contributed by atoms with van der Waals surface area (Å²) < 4.78 is 4.82. The molecule has 0 aliphatic rings. The van der Waals surface area contributed by atoms with Crippen molar-refractivity contribution < 1.29 is 9.53 Å². The van der Waals surface area contributed by atoms with Crippen LogP contribution in [-0.2, 0) is 9.53 Å². The topological polar surface area (TPSA) is 41.9 Å². The zero-order valence-corrected chi connectivity index (χ0v) is 9.99. The maximum absolute atomic E-state index is 11.2. The van der Waals surface area contributed by atoms with Crippen LogP contribution in [0, 0.1) is 5.92 Å². The summed E-state index contributed by atoms with van der Waals surface area (Å²) in [6.07, 6.45) is 1.81. The number of esters is 1. The van der Waals surface area contributed by atoms with Crippen molar-refractivity contribution in [1.82, 2.24) is 5.01 Å². The van der Waals surface area contributed by atoms with Gasteiger partial charge in [-0.05, 0) is 19.8 Å². The van der Waals surface area contributed by atoms with Crippen molar-refractivity contribution in [3.8, 4) is 0 Å². The normalized spacial score (nSPS) is 11.4. The van der Waals surface area contributed by atoms with E-state index in [4.69, 9.17) is 4.74 Å². The minimum atomic E-state index is -0.294. The molecule has 0 fully saturated rings. The number of allylic oxidation sites excluding steroid dienone is 1. The van der Waals surface area contributed by atoms with Crippen LogP contribution in [0.3, 0.4) is 0 Å². The lowest BCUT2D eigenvalue weighted by molar-refractivity contribution is -0.143. The first kappa shape index (κ1) is 13.7. The minimum absolute atomic E-state index is 0.112. The van der Waals surface area contributed by atoms with E-state index in [1.165, 1.54) is 5.01 Å². The van der Waals surface area contributed by atoms with Crippen molar-refractivity contribution >= 4 is 12.7 Å². The molecule has 0 bridgehead atoms. The van der Waals surface area contributed by atoms with Gasteiger partial charge in [-0.2, -0.15) is 5.10 Å². The van der Waals surface area contributed by atoms with E-state index in [9.17, 15) is 4.79 Å². The van der Waals surface area contributed by atoms with Crippen molar-refractivity contribution in [1.29, 1.82) is 0 Å². The highest BCUT2D eigenvalue weighted by Crippen LogP contribution is 2.09. The van der Waals surface area contributed by atoms with Gasteiger partial charge in [0.15, 0.2) is 0 Å². The molecule has 0 saturated heterocycles. The molecule has 0 saturated carbocycles. The molecule has 0 heterocycles. The predicted molar refractivity (Wildman–Crippen MR) is 61.5 cm³/mol. The van der Waals surface area contributed by atoms with Gasteiger partial charge in [0.25, 0.3) is 0 Å². The Morgan fingerprint density at radius 2 is 2.20 bits per heavy atom. The first-order valence-electron chi connectivity index (χ1n) is 5.08. The minimum Gasteiger partial charge on any atom is -0.465 e. The SMILES string of the molecule is C=NN(/C=C(\C)C(C)C)CC(=O)OCC. The van der Waals surface area contributed by atoms with Crippen LogP contribution in [-0.4, -0.2) is 30.8 Å². The number of ether oxygens (including phenoxy) is 1. The second kappa shape index (κ2) is 7.04. The van der Waals surface area contributed by atoms with Gasteiger partial charge in [-0.3, -0.25) is 9.80 Å². The van der Waals surface area contributed by atoms with Crippen LogP contribution in [0.4, 0.5) is 0 Å². The van der Waals surface area contributed by atoms with Gasteiger partial charge < -0.3 is 4.74 Å². The maximum atomic E-state index is 11.2. The highest BCUT2D eigenvalue weighted by atomic mass is 16.5. The van der Waals surface area contributed by atoms with Crippen LogP contribution >= 0.6 is 0 Å². The fraction of sp³-hybridized carbons (Fsp3) is 0.636. The Kier molecular flexibility index (Phi) is 6.42. The molecule has 0 aliphatic carbocycles. The molecule has 0 amide bonds. The van der Waals surface area contributed by atoms with Gasteiger partial charge in [0.1, 0.15) is 6.54 Å². The molecular weight excluding hydrogens is 192 g/mol. The molecule has 86 valence electrons. The third-order valence-electron chi connectivity index (χ3n) is 2.04. The van der Waals surface area contributed by atoms with E-state index in [1.807, 2.05) is 13.1 Å². The number of carbonyl (C=O) groups excluding carboxylic acids is 1. The maximum Gasteiger partial charge on any atom is 0.327 e. The van der Waals surface area contributed by atoms with Gasteiger partial charge in [-0.1, -0.05) is 19.4 Å². The number of rotatable bonds is 6. The second-order valence-electron chi connectivity index (χ2n) is 3.57. The summed E-state index contributed by atoms with van der Waals surface area (Å²) in [5, 5.41) is 5.23. The van der Waals surface area contributed by atoms with Crippen LogP contribution in [0.5, 0.6) is 0 Å². The van der Waals surface area contributed by atoms with Crippen LogP contribution in [0.15, 0.2) is 16.9 Å². The van der Waals surface area contributed by atoms with Crippen molar-refractivity contribution in [2.45, 2.75) is 27.7 Å². The molecule has 0 spiro atoms. The number of hydrogen-bond donors (Lipinski definition) is 0. The molecule has 0 aliphatic heterocycles. The van der Waals surface area contributed by atoms with Crippen molar-refractivity contribution in [2.75, 3.05) is 13.2 Å². The number of hydrogen-bond acceptors (Lipinski definition) is 4. The third kappa shape index (κ3) is 5.88. The van der Waals surface area contributed by atoms with Gasteiger partial charge in [-0.25, -0.2) is 0 Å². The molecule has 0 unspecified atom stereocenters. The molecule has 0 rings (SSSR count). The van der Waals surface area contributed by atoms with E-state index in [0.717, 1.165) is 5.57 Å². The molecule has 0 atom stereocenters. The Bertz CT molecular complexity index is 247. The molecule has 0 aromatic carbocycles. The van der Waals surface area contributed by atoms with E-state index in [2.05, 4.69) is 25.7 Å².